The van der Waals surface area contributed by atoms with Gasteiger partial charge < -0.3 is 9.84 Å². The van der Waals surface area contributed by atoms with E-state index < -0.39 is 11.9 Å². The molecule has 1 rings (SSSR count). The minimum Gasteiger partial charge on any atom is -0.478 e. The molecular weight excluding hydrogens is 220 g/mol. The lowest BCUT2D eigenvalue weighted by molar-refractivity contribution is 0.0525. The van der Waals surface area contributed by atoms with E-state index in [1.165, 1.54) is 18.2 Å². The van der Waals surface area contributed by atoms with Crippen LogP contribution in [0.5, 0.6) is 0 Å². The molecule has 0 heterocycles. The average Bonchev–Trinajstić information content (AvgIpc) is 2.17. The highest BCUT2D eigenvalue weighted by atomic mass is 35.5. The van der Waals surface area contributed by atoms with E-state index in [1.807, 2.05) is 0 Å². The van der Waals surface area contributed by atoms with Crippen LogP contribution in [0.15, 0.2) is 18.2 Å². The van der Waals surface area contributed by atoms with Crippen molar-refractivity contribution in [1.82, 2.24) is 0 Å². The van der Waals surface area contributed by atoms with Crippen molar-refractivity contribution in [2.45, 2.75) is 6.92 Å². The van der Waals surface area contributed by atoms with E-state index in [9.17, 15) is 9.59 Å². The number of carboxylic acids is 1. The molecule has 4 nitrogen and oxygen atoms in total. The molecule has 0 saturated carbocycles. The molecule has 1 N–H and O–H groups in total. The maximum Gasteiger partial charge on any atom is 0.338 e. The lowest BCUT2D eigenvalue weighted by Gasteiger charge is -2.03. The van der Waals surface area contributed by atoms with Gasteiger partial charge in [-0.3, -0.25) is 0 Å². The summed E-state index contributed by atoms with van der Waals surface area (Å²) in [7, 11) is 0. The van der Waals surface area contributed by atoms with Crippen LogP contribution in [0.4, 0.5) is 0 Å². The van der Waals surface area contributed by atoms with Crippen molar-refractivity contribution in [1.29, 1.82) is 0 Å². The number of halogens is 1. The van der Waals surface area contributed by atoms with Crippen LogP contribution in [0.2, 0.25) is 5.02 Å². The van der Waals surface area contributed by atoms with Gasteiger partial charge in [-0.05, 0) is 25.1 Å². The zero-order chi connectivity index (χ0) is 11.4. The Balaban J connectivity index is 3.01. The highest BCUT2D eigenvalue weighted by molar-refractivity contribution is 6.33. The third-order valence-electron chi connectivity index (χ3n) is 1.71. The summed E-state index contributed by atoms with van der Waals surface area (Å²) in [4.78, 5) is 21.9. The molecule has 0 unspecified atom stereocenters. The monoisotopic (exact) mass is 228 g/mol. The molecule has 0 spiro atoms. The molecule has 1 aromatic carbocycles. The minimum absolute atomic E-state index is 0.0213. The van der Waals surface area contributed by atoms with Gasteiger partial charge in [0, 0.05) is 0 Å². The number of carbonyl (C=O) groups is 2. The van der Waals surface area contributed by atoms with Crippen molar-refractivity contribution in [2.24, 2.45) is 0 Å². The van der Waals surface area contributed by atoms with Gasteiger partial charge in [0.25, 0.3) is 0 Å². The topological polar surface area (TPSA) is 63.6 Å². The number of carboxylic acid groups (broad SMARTS) is 1. The molecule has 80 valence electrons. The van der Waals surface area contributed by atoms with Crippen LogP contribution in [0, 0.1) is 0 Å². The van der Waals surface area contributed by atoms with Gasteiger partial charge in [-0.25, -0.2) is 9.59 Å². The fourth-order valence-corrected chi connectivity index (χ4v) is 1.29. The Hall–Kier alpha value is -1.55. The second kappa shape index (κ2) is 4.79. The number of hydrogen-bond acceptors (Lipinski definition) is 3. The predicted octanol–water partition coefficient (Wildman–Crippen LogP) is 2.21. The number of esters is 1. The summed E-state index contributed by atoms with van der Waals surface area (Å²) in [6.45, 7) is 1.95. The lowest BCUT2D eigenvalue weighted by atomic mass is 10.1. The molecule has 15 heavy (non-hydrogen) atoms. The largest absolute Gasteiger partial charge is 0.478 e. The standard InChI is InChI=1S/C10H9ClO4/c1-2-15-10(14)6-3-4-7(9(12)13)8(11)5-6/h3-5H,2H2,1H3,(H,12,13). The highest BCUT2D eigenvalue weighted by Gasteiger charge is 2.12. The first-order chi connectivity index (χ1) is 7.06. The molecule has 0 saturated heterocycles. The third-order valence-corrected chi connectivity index (χ3v) is 2.02. The van der Waals surface area contributed by atoms with E-state index in [1.54, 1.807) is 6.92 Å². The van der Waals surface area contributed by atoms with Gasteiger partial charge in [0.2, 0.25) is 0 Å². The van der Waals surface area contributed by atoms with Crippen LogP contribution in [0.25, 0.3) is 0 Å². The molecule has 0 aromatic heterocycles. The summed E-state index contributed by atoms with van der Waals surface area (Å²) < 4.78 is 4.74. The van der Waals surface area contributed by atoms with Crippen molar-refractivity contribution in [2.75, 3.05) is 6.61 Å². The molecule has 0 aliphatic rings. The van der Waals surface area contributed by atoms with Gasteiger partial charge in [-0.1, -0.05) is 11.6 Å². The normalized spacial score (nSPS) is 9.73. The van der Waals surface area contributed by atoms with E-state index in [2.05, 4.69) is 0 Å². The quantitative estimate of drug-likeness (QED) is 0.806. The van der Waals surface area contributed by atoms with E-state index in [-0.39, 0.29) is 22.8 Å². The van der Waals surface area contributed by atoms with Gasteiger partial charge in [-0.2, -0.15) is 0 Å². The van der Waals surface area contributed by atoms with E-state index in [0.717, 1.165) is 0 Å². The van der Waals surface area contributed by atoms with E-state index >= 15 is 0 Å². The summed E-state index contributed by atoms with van der Waals surface area (Å²) in [5, 5.41) is 8.72. The Bertz CT molecular complexity index is 400. The van der Waals surface area contributed by atoms with Gasteiger partial charge in [0.1, 0.15) is 0 Å². The summed E-state index contributed by atoms with van der Waals surface area (Å²) in [6, 6.07) is 3.92. The first-order valence-electron chi connectivity index (χ1n) is 4.26. The van der Waals surface area contributed by atoms with Crippen LogP contribution >= 0.6 is 11.6 Å². The summed E-state index contributed by atoms with van der Waals surface area (Å²) in [5.41, 5.74) is 0.205. The van der Waals surface area contributed by atoms with Crippen LogP contribution < -0.4 is 0 Å². The zero-order valence-electron chi connectivity index (χ0n) is 7.99. The van der Waals surface area contributed by atoms with Gasteiger partial charge >= 0.3 is 11.9 Å². The first kappa shape index (κ1) is 11.5. The van der Waals surface area contributed by atoms with Crippen molar-refractivity contribution in [3.05, 3.63) is 34.3 Å². The van der Waals surface area contributed by atoms with E-state index in [0.29, 0.717) is 0 Å². The highest BCUT2D eigenvalue weighted by Crippen LogP contribution is 2.18. The summed E-state index contributed by atoms with van der Waals surface area (Å²) in [5.74, 6) is -1.65. The lowest BCUT2D eigenvalue weighted by Crippen LogP contribution is -2.06. The summed E-state index contributed by atoms with van der Waals surface area (Å²) >= 11 is 5.68. The van der Waals surface area contributed by atoms with E-state index in [4.69, 9.17) is 21.4 Å². The summed E-state index contributed by atoms with van der Waals surface area (Å²) in [6.07, 6.45) is 0. The smallest absolute Gasteiger partial charge is 0.338 e. The van der Waals surface area contributed by atoms with Crippen molar-refractivity contribution in [3.8, 4) is 0 Å². The van der Waals surface area contributed by atoms with Gasteiger partial charge in [-0.15, -0.1) is 0 Å². The van der Waals surface area contributed by atoms with Crippen molar-refractivity contribution < 1.29 is 19.4 Å². The Morgan fingerprint density at radius 3 is 2.60 bits per heavy atom. The fraction of sp³-hybridized carbons (Fsp3) is 0.200. The number of aromatic carboxylic acids is 1. The number of ether oxygens (including phenoxy) is 1. The molecule has 0 bridgehead atoms. The SMILES string of the molecule is CCOC(=O)c1ccc(C(=O)O)c(Cl)c1. The zero-order valence-corrected chi connectivity index (χ0v) is 8.75. The molecule has 0 amide bonds. The predicted molar refractivity (Wildman–Crippen MR) is 54.4 cm³/mol. The maximum atomic E-state index is 11.2. The van der Waals surface area contributed by atoms with Crippen molar-refractivity contribution >= 4 is 23.5 Å². The number of carbonyl (C=O) groups excluding carboxylic acids is 1. The molecular formula is C10H9ClO4. The Kier molecular flexibility index (Phi) is 3.68. The molecule has 0 radical (unpaired) electrons. The van der Waals surface area contributed by atoms with Gasteiger partial charge in [0.15, 0.2) is 0 Å². The Labute approximate surface area is 91.4 Å². The molecule has 1 aromatic rings. The number of benzene rings is 1. The van der Waals surface area contributed by atoms with Crippen LogP contribution in [0.1, 0.15) is 27.6 Å². The van der Waals surface area contributed by atoms with Crippen molar-refractivity contribution in [3.63, 3.8) is 0 Å². The molecule has 0 atom stereocenters. The minimum atomic E-state index is -1.13. The Morgan fingerprint density at radius 1 is 1.47 bits per heavy atom. The molecule has 5 heteroatoms. The second-order valence-corrected chi connectivity index (χ2v) is 3.13. The Morgan fingerprint density at radius 2 is 2.13 bits per heavy atom. The van der Waals surface area contributed by atoms with Crippen LogP contribution in [-0.2, 0) is 4.74 Å². The van der Waals surface area contributed by atoms with Crippen LogP contribution in [0.3, 0.4) is 0 Å². The van der Waals surface area contributed by atoms with Crippen LogP contribution in [-0.4, -0.2) is 23.7 Å². The molecule has 0 fully saturated rings. The molecule has 0 aliphatic carbocycles. The maximum absolute atomic E-state index is 11.2. The second-order valence-electron chi connectivity index (χ2n) is 2.72. The average molecular weight is 229 g/mol. The first-order valence-corrected chi connectivity index (χ1v) is 4.64. The fourth-order valence-electron chi connectivity index (χ4n) is 1.03. The molecule has 0 aliphatic heterocycles. The number of hydrogen-bond donors (Lipinski definition) is 1. The third kappa shape index (κ3) is 2.70. The number of rotatable bonds is 3. The van der Waals surface area contributed by atoms with Gasteiger partial charge in [0.05, 0.1) is 22.8 Å².